The molecule has 0 aromatic heterocycles. The first-order valence-electron chi connectivity index (χ1n) is 5.05. The zero-order valence-corrected chi connectivity index (χ0v) is 9.84. The molecule has 0 aromatic rings. The van der Waals surface area contributed by atoms with E-state index in [2.05, 4.69) is 33.2 Å². The van der Waals surface area contributed by atoms with Crippen LogP contribution in [0.5, 0.6) is 0 Å². The predicted octanol–water partition coefficient (Wildman–Crippen LogP) is 4.75. The van der Waals surface area contributed by atoms with Gasteiger partial charge in [-0.2, -0.15) is 0 Å². The maximum Gasteiger partial charge on any atom is -0.0262 e. The molecule has 0 aliphatic heterocycles. The maximum atomic E-state index is 3.93. The molecule has 0 fully saturated rings. The SMILES string of the molecule is C=C(C)/C=C\C(=C)C(=C)/C=C\C(=C)CC. The Morgan fingerprint density at radius 1 is 0.867 bits per heavy atom. The van der Waals surface area contributed by atoms with E-state index in [9.17, 15) is 0 Å². The fraction of sp³-hybridized carbons (Fsp3) is 0.200. The van der Waals surface area contributed by atoms with Crippen LogP contribution in [-0.2, 0) is 0 Å². The van der Waals surface area contributed by atoms with Gasteiger partial charge in [0.15, 0.2) is 0 Å². The molecule has 0 nitrogen and oxygen atoms in total. The lowest BCUT2D eigenvalue weighted by atomic mass is 10.1. The first-order chi connectivity index (χ1) is 6.97. The zero-order valence-electron chi connectivity index (χ0n) is 9.84. The molecule has 0 aliphatic carbocycles. The first kappa shape index (κ1) is 13.4. The summed E-state index contributed by atoms with van der Waals surface area (Å²) in [4.78, 5) is 0. The van der Waals surface area contributed by atoms with Gasteiger partial charge in [-0.05, 0) is 24.5 Å². The molecular formula is C15H20. The number of hydrogen-bond acceptors (Lipinski definition) is 0. The van der Waals surface area contributed by atoms with Crippen molar-refractivity contribution in [1.29, 1.82) is 0 Å². The molecule has 0 spiro atoms. The van der Waals surface area contributed by atoms with Crippen LogP contribution in [0.2, 0.25) is 0 Å². The van der Waals surface area contributed by atoms with Gasteiger partial charge in [-0.1, -0.05) is 68.7 Å². The summed E-state index contributed by atoms with van der Waals surface area (Å²) in [5.41, 5.74) is 3.90. The van der Waals surface area contributed by atoms with E-state index in [1.807, 2.05) is 31.2 Å². The van der Waals surface area contributed by atoms with Gasteiger partial charge in [0.05, 0.1) is 0 Å². The Morgan fingerprint density at radius 2 is 1.33 bits per heavy atom. The van der Waals surface area contributed by atoms with Crippen molar-refractivity contribution in [2.75, 3.05) is 0 Å². The van der Waals surface area contributed by atoms with Crippen LogP contribution in [0.15, 0.2) is 72.9 Å². The van der Waals surface area contributed by atoms with Crippen molar-refractivity contribution in [3.8, 4) is 0 Å². The Bertz CT molecular complexity index is 335. The molecule has 0 rings (SSSR count). The number of allylic oxidation sites excluding steroid dienone is 8. The first-order valence-corrected chi connectivity index (χ1v) is 5.05. The predicted molar refractivity (Wildman–Crippen MR) is 70.8 cm³/mol. The minimum absolute atomic E-state index is 0.901. The molecule has 0 N–H and O–H groups in total. The third-order valence-electron chi connectivity index (χ3n) is 1.96. The van der Waals surface area contributed by atoms with E-state index in [0.717, 1.165) is 28.7 Å². The average Bonchev–Trinajstić information content (AvgIpc) is 2.21. The van der Waals surface area contributed by atoms with Gasteiger partial charge >= 0.3 is 0 Å². The lowest BCUT2D eigenvalue weighted by Crippen LogP contribution is -1.79. The number of rotatable bonds is 6. The molecule has 0 saturated heterocycles. The van der Waals surface area contributed by atoms with E-state index >= 15 is 0 Å². The van der Waals surface area contributed by atoms with Gasteiger partial charge in [-0.15, -0.1) is 0 Å². The molecule has 15 heavy (non-hydrogen) atoms. The van der Waals surface area contributed by atoms with E-state index in [4.69, 9.17) is 0 Å². The second kappa shape index (κ2) is 6.83. The normalized spacial score (nSPS) is 10.8. The summed E-state index contributed by atoms with van der Waals surface area (Å²) in [5, 5.41) is 0. The summed E-state index contributed by atoms with van der Waals surface area (Å²) in [5.74, 6) is 0. The topological polar surface area (TPSA) is 0 Å². The van der Waals surface area contributed by atoms with Gasteiger partial charge in [0, 0.05) is 0 Å². The Balaban J connectivity index is 4.35. The van der Waals surface area contributed by atoms with Gasteiger partial charge in [0.25, 0.3) is 0 Å². The number of hydrogen-bond donors (Lipinski definition) is 0. The largest absolute Gasteiger partial charge is 0.0961 e. The van der Waals surface area contributed by atoms with Gasteiger partial charge < -0.3 is 0 Å². The summed E-state index contributed by atoms with van der Waals surface area (Å²) in [6, 6.07) is 0. The van der Waals surface area contributed by atoms with Crippen molar-refractivity contribution in [2.24, 2.45) is 0 Å². The molecule has 0 aliphatic rings. The van der Waals surface area contributed by atoms with Crippen LogP contribution in [0.3, 0.4) is 0 Å². The Kier molecular flexibility index (Phi) is 6.12. The van der Waals surface area contributed by atoms with E-state index < -0.39 is 0 Å². The minimum Gasteiger partial charge on any atom is -0.0961 e. The summed E-state index contributed by atoms with van der Waals surface area (Å²) in [7, 11) is 0. The van der Waals surface area contributed by atoms with Crippen molar-refractivity contribution in [2.45, 2.75) is 20.3 Å². The molecule has 0 heteroatoms. The van der Waals surface area contributed by atoms with Crippen LogP contribution in [0.25, 0.3) is 0 Å². The maximum absolute atomic E-state index is 3.93. The lowest BCUT2D eigenvalue weighted by Gasteiger charge is -1.99. The summed E-state index contributed by atoms with van der Waals surface area (Å²) < 4.78 is 0. The van der Waals surface area contributed by atoms with Crippen molar-refractivity contribution >= 4 is 0 Å². The van der Waals surface area contributed by atoms with E-state index in [-0.39, 0.29) is 0 Å². The van der Waals surface area contributed by atoms with Crippen LogP contribution in [0.4, 0.5) is 0 Å². The van der Waals surface area contributed by atoms with Gasteiger partial charge in [0.2, 0.25) is 0 Å². The van der Waals surface area contributed by atoms with Crippen molar-refractivity contribution < 1.29 is 0 Å². The Hall–Kier alpha value is -1.56. The standard InChI is InChI=1S/C15H20/c1-7-13(4)9-11-15(6)14(5)10-8-12(2)3/h8-11H,2,4-7H2,1,3H3/b10-8-,11-9-. The van der Waals surface area contributed by atoms with Gasteiger partial charge in [-0.25, -0.2) is 0 Å². The molecule has 0 atom stereocenters. The quantitative estimate of drug-likeness (QED) is 0.543. The van der Waals surface area contributed by atoms with Gasteiger partial charge in [-0.3, -0.25) is 0 Å². The van der Waals surface area contributed by atoms with E-state index in [1.54, 1.807) is 0 Å². The summed E-state index contributed by atoms with van der Waals surface area (Å²) in [6.45, 7) is 19.5. The molecule has 0 bridgehead atoms. The summed E-state index contributed by atoms with van der Waals surface area (Å²) in [6.07, 6.45) is 8.72. The molecule has 80 valence electrons. The van der Waals surface area contributed by atoms with Gasteiger partial charge in [0.1, 0.15) is 0 Å². The summed E-state index contributed by atoms with van der Waals surface area (Å²) >= 11 is 0. The van der Waals surface area contributed by atoms with Crippen LogP contribution < -0.4 is 0 Å². The molecule has 0 aromatic carbocycles. The van der Waals surface area contributed by atoms with Crippen LogP contribution in [0, 0.1) is 0 Å². The highest BCUT2D eigenvalue weighted by atomic mass is 14.0. The zero-order chi connectivity index (χ0) is 11.8. The molecule has 0 saturated carbocycles. The highest BCUT2D eigenvalue weighted by Crippen LogP contribution is 2.11. The molecule has 0 amide bonds. The highest BCUT2D eigenvalue weighted by Gasteiger charge is 1.91. The molecule has 0 unspecified atom stereocenters. The third kappa shape index (κ3) is 6.50. The van der Waals surface area contributed by atoms with Crippen molar-refractivity contribution in [3.05, 3.63) is 72.9 Å². The highest BCUT2D eigenvalue weighted by molar-refractivity contribution is 5.45. The van der Waals surface area contributed by atoms with Crippen LogP contribution in [-0.4, -0.2) is 0 Å². The van der Waals surface area contributed by atoms with Crippen LogP contribution >= 0.6 is 0 Å². The molecule has 0 radical (unpaired) electrons. The monoisotopic (exact) mass is 200 g/mol. The molecule has 0 heterocycles. The van der Waals surface area contributed by atoms with Crippen molar-refractivity contribution in [3.63, 3.8) is 0 Å². The fourth-order valence-electron chi connectivity index (χ4n) is 0.793. The second-order valence-corrected chi connectivity index (χ2v) is 3.58. The smallest absolute Gasteiger partial charge is 0.0262 e. The fourth-order valence-corrected chi connectivity index (χ4v) is 0.793. The minimum atomic E-state index is 0.901. The Morgan fingerprint density at radius 3 is 1.73 bits per heavy atom. The van der Waals surface area contributed by atoms with Crippen LogP contribution in [0.1, 0.15) is 20.3 Å². The van der Waals surface area contributed by atoms with E-state index in [1.165, 1.54) is 0 Å². The van der Waals surface area contributed by atoms with Crippen molar-refractivity contribution in [1.82, 2.24) is 0 Å². The Labute approximate surface area is 93.7 Å². The molecular weight excluding hydrogens is 180 g/mol. The third-order valence-corrected chi connectivity index (χ3v) is 1.96. The van der Waals surface area contributed by atoms with E-state index in [0.29, 0.717) is 0 Å². The average molecular weight is 200 g/mol. The lowest BCUT2D eigenvalue weighted by molar-refractivity contribution is 1.16. The second-order valence-electron chi connectivity index (χ2n) is 3.58.